The Labute approximate surface area is 147 Å². The standard InChI is InChI=1S/C19H18N2O3S/c1-15-4-6-16(7-5-15)9-12-25(22,23)21-14-17-8-10-20-18(13-17)19-3-2-11-24-19/h2-13,21H,14H2,1H3/b12-9+. The molecule has 0 aliphatic carbocycles. The smallest absolute Gasteiger partial charge is 0.234 e. The van der Waals surface area contributed by atoms with Crippen LogP contribution in [-0.4, -0.2) is 13.4 Å². The molecule has 25 heavy (non-hydrogen) atoms. The Hall–Kier alpha value is -2.70. The van der Waals surface area contributed by atoms with Gasteiger partial charge in [-0.15, -0.1) is 0 Å². The fraction of sp³-hybridized carbons (Fsp3) is 0.105. The van der Waals surface area contributed by atoms with Gasteiger partial charge in [-0.05, 0) is 48.4 Å². The maximum atomic E-state index is 12.1. The van der Waals surface area contributed by atoms with Gasteiger partial charge in [-0.3, -0.25) is 4.98 Å². The Morgan fingerprint density at radius 3 is 2.68 bits per heavy atom. The summed E-state index contributed by atoms with van der Waals surface area (Å²) >= 11 is 0. The van der Waals surface area contributed by atoms with Crippen LogP contribution < -0.4 is 4.72 Å². The normalized spacial score (nSPS) is 11.9. The lowest BCUT2D eigenvalue weighted by Crippen LogP contribution is -2.20. The van der Waals surface area contributed by atoms with E-state index in [1.54, 1.807) is 42.8 Å². The number of sulfonamides is 1. The van der Waals surface area contributed by atoms with Crippen LogP contribution in [0.2, 0.25) is 0 Å². The molecule has 0 saturated heterocycles. The van der Waals surface area contributed by atoms with Crippen molar-refractivity contribution in [3.05, 3.63) is 83.1 Å². The van der Waals surface area contributed by atoms with Gasteiger partial charge in [0.25, 0.3) is 0 Å². The van der Waals surface area contributed by atoms with Gasteiger partial charge in [0.2, 0.25) is 10.0 Å². The third kappa shape index (κ3) is 4.89. The highest BCUT2D eigenvalue weighted by molar-refractivity contribution is 7.92. The van der Waals surface area contributed by atoms with Crippen molar-refractivity contribution >= 4 is 16.1 Å². The molecule has 0 fully saturated rings. The van der Waals surface area contributed by atoms with Crippen LogP contribution >= 0.6 is 0 Å². The minimum Gasteiger partial charge on any atom is -0.463 e. The van der Waals surface area contributed by atoms with Crippen LogP contribution in [-0.2, 0) is 16.6 Å². The van der Waals surface area contributed by atoms with E-state index in [-0.39, 0.29) is 6.54 Å². The first-order chi connectivity index (χ1) is 12.0. The maximum absolute atomic E-state index is 12.1. The molecule has 0 aliphatic heterocycles. The number of hydrogen-bond acceptors (Lipinski definition) is 4. The number of nitrogens with zero attached hydrogens (tertiary/aromatic N) is 1. The number of aromatic nitrogens is 1. The van der Waals surface area contributed by atoms with Gasteiger partial charge in [0.15, 0.2) is 5.76 Å². The van der Waals surface area contributed by atoms with E-state index < -0.39 is 10.0 Å². The molecule has 3 rings (SSSR count). The first-order valence-electron chi connectivity index (χ1n) is 7.75. The molecule has 5 nitrogen and oxygen atoms in total. The highest BCUT2D eigenvalue weighted by atomic mass is 32.2. The van der Waals surface area contributed by atoms with Crippen molar-refractivity contribution in [3.63, 3.8) is 0 Å². The third-order valence-corrected chi connectivity index (χ3v) is 4.63. The van der Waals surface area contributed by atoms with Crippen LogP contribution in [0.15, 0.2) is 70.8 Å². The van der Waals surface area contributed by atoms with E-state index in [0.717, 1.165) is 16.7 Å². The van der Waals surface area contributed by atoms with Crippen molar-refractivity contribution in [1.29, 1.82) is 0 Å². The lowest BCUT2D eigenvalue weighted by Gasteiger charge is -2.04. The molecule has 0 bridgehead atoms. The van der Waals surface area contributed by atoms with Gasteiger partial charge in [0.05, 0.1) is 6.26 Å². The maximum Gasteiger partial charge on any atom is 0.234 e. The fourth-order valence-electron chi connectivity index (χ4n) is 2.22. The quantitative estimate of drug-likeness (QED) is 0.732. The zero-order valence-electron chi connectivity index (χ0n) is 13.7. The Bertz CT molecular complexity index is 960. The molecule has 0 saturated carbocycles. The second kappa shape index (κ2) is 7.46. The summed E-state index contributed by atoms with van der Waals surface area (Å²) in [7, 11) is -3.53. The van der Waals surface area contributed by atoms with Crippen LogP contribution in [0.1, 0.15) is 16.7 Å². The molecule has 0 atom stereocenters. The van der Waals surface area contributed by atoms with Crippen molar-refractivity contribution in [2.75, 3.05) is 0 Å². The predicted octanol–water partition coefficient (Wildman–Crippen LogP) is 3.74. The van der Waals surface area contributed by atoms with E-state index in [2.05, 4.69) is 9.71 Å². The first kappa shape index (κ1) is 17.1. The highest BCUT2D eigenvalue weighted by Crippen LogP contribution is 2.18. The highest BCUT2D eigenvalue weighted by Gasteiger charge is 2.07. The monoisotopic (exact) mass is 354 g/mol. The Balaban J connectivity index is 1.66. The van der Waals surface area contributed by atoms with Crippen LogP contribution in [0, 0.1) is 6.92 Å². The summed E-state index contributed by atoms with van der Waals surface area (Å²) in [5.41, 5.74) is 3.42. The van der Waals surface area contributed by atoms with E-state index in [1.165, 1.54) is 5.41 Å². The minimum absolute atomic E-state index is 0.177. The van der Waals surface area contributed by atoms with Gasteiger partial charge in [-0.2, -0.15) is 0 Å². The van der Waals surface area contributed by atoms with Crippen molar-refractivity contribution in [2.24, 2.45) is 0 Å². The number of rotatable bonds is 6. The van der Waals surface area contributed by atoms with Gasteiger partial charge >= 0.3 is 0 Å². The van der Waals surface area contributed by atoms with Crippen LogP contribution in [0.25, 0.3) is 17.5 Å². The largest absolute Gasteiger partial charge is 0.463 e. The molecule has 2 heterocycles. The summed E-state index contributed by atoms with van der Waals surface area (Å²) in [6.07, 6.45) is 4.77. The topological polar surface area (TPSA) is 72.2 Å². The van der Waals surface area contributed by atoms with Crippen LogP contribution in [0.4, 0.5) is 0 Å². The van der Waals surface area contributed by atoms with Crippen molar-refractivity contribution in [1.82, 2.24) is 9.71 Å². The second-order valence-corrected chi connectivity index (χ2v) is 7.26. The van der Waals surface area contributed by atoms with E-state index in [0.29, 0.717) is 11.5 Å². The molecule has 0 radical (unpaired) electrons. The predicted molar refractivity (Wildman–Crippen MR) is 97.9 cm³/mol. The average Bonchev–Trinajstić information content (AvgIpc) is 3.15. The molecular formula is C19H18N2O3S. The number of aryl methyl sites for hydroxylation is 1. The lowest BCUT2D eigenvalue weighted by atomic mass is 10.2. The molecule has 1 aromatic carbocycles. The number of hydrogen-bond donors (Lipinski definition) is 1. The number of furan rings is 1. The van der Waals surface area contributed by atoms with Crippen molar-refractivity contribution < 1.29 is 12.8 Å². The summed E-state index contributed by atoms with van der Waals surface area (Å²) in [5.74, 6) is 0.643. The third-order valence-electron chi connectivity index (χ3n) is 3.59. The van der Waals surface area contributed by atoms with Gasteiger partial charge < -0.3 is 4.42 Å². The van der Waals surface area contributed by atoms with Gasteiger partial charge in [-0.1, -0.05) is 29.8 Å². The van der Waals surface area contributed by atoms with Gasteiger partial charge in [0.1, 0.15) is 5.69 Å². The molecule has 1 N–H and O–H groups in total. The van der Waals surface area contributed by atoms with E-state index in [1.807, 2.05) is 31.2 Å². The summed E-state index contributed by atoms with van der Waals surface area (Å²) < 4.78 is 32.1. The van der Waals surface area contributed by atoms with Gasteiger partial charge in [-0.25, -0.2) is 13.1 Å². The van der Waals surface area contributed by atoms with Crippen molar-refractivity contribution in [3.8, 4) is 11.5 Å². The van der Waals surface area contributed by atoms with E-state index in [4.69, 9.17) is 4.42 Å². The Kier molecular flexibility index (Phi) is 5.11. The molecule has 0 unspecified atom stereocenters. The number of pyridine rings is 1. The molecule has 0 amide bonds. The summed E-state index contributed by atoms with van der Waals surface area (Å²) in [6, 6.07) is 14.8. The number of benzene rings is 1. The minimum atomic E-state index is -3.53. The van der Waals surface area contributed by atoms with Gasteiger partial charge in [0, 0.05) is 18.1 Å². The zero-order valence-corrected chi connectivity index (χ0v) is 14.5. The van der Waals surface area contributed by atoms with Crippen LogP contribution in [0.3, 0.4) is 0 Å². The second-order valence-electron chi connectivity index (χ2n) is 5.61. The van der Waals surface area contributed by atoms with E-state index >= 15 is 0 Å². The molecule has 0 aliphatic rings. The number of nitrogens with one attached hydrogen (secondary N) is 1. The molecule has 0 spiro atoms. The van der Waals surface area contributed by atoms with Crippen LogP contribution in [0.5, 0.6) is 0 Å². The molecule has 128 valence electrons. The first-order valence-corrected chi connectivity index (χ1v) is 9.30. The molecule has 2 aromatic heterocycles. The summed E-state index contributed by atoms with van der Waals surface area (Å²) in [4.78, 5) is 4.22. The molecule has 3 aromatic rings. The summed E-state index contributed by atoms with van der Waals surface area (Å²) in [5, 5.41) is 1.17. The average molecular weight is 354 g/mol. The summed E-state index contributed by atoms with van der Waals surface area (Å²) in [6.45, 7) is 2.16. The van der Waals surface area contributed by atoms with E-state index in [9.17, 15) is 8.42 Å². The molecule has 6 heteroatoms. The fourth-order valence-corrected chi connectivity index (χ4v) is 3.02. The Morgan fingerprint density at radius 2 is 1.96 bits per heavy atom. The zero-order chi connectivity index (χ0) is 17.7. The lowest BCUT2D eigenvalue weighted by molar-refractivity contribution is 0.580. The van der Waals surface area contributed by atoms with Crippen molar-refractivity contribution in [2.45, 2.75) is 13.5 Å². The Morgan fingerprint density at radius 1 is 1.16 bits per heavy atom. The molecular weight excluding hydrogens is 336 g/mol. The SMILES string of the molecule is Cc1ccc(/C=C/S(=O)(=O)NCc2ccnc(-c3ccco3)c2)cc1.